The molecular weight excluding hydrogens is 292 g/mol. The lowest BCUT2D eigenvalue weighted by Gasteiger charge is -2.11. The van der Waals surface area contributed by atoms with Crippen LogP contribution in [0.25, 0.3) is 0 Å². The molecule has 2 rings (SSSR count). The first-order valence-electron chi connectivity index (χ1n) is 7.50. The molecule has 0 aromatic heterocycles. The number of hydrogen-bond donors (Lipinski definition) is 3. The minimum atomic E-state index is -0.485. The van der Waals surface area contributed by atoms with E-state index in [0.717, 1.165) is 22.4 Å². The fourth-order valence-electron chi connectivity index (χ4n) is 2.18. The first-order valence-corrected chi connectivity index (χ1v) is 7.50. The highest BCUT2D eigenvalue weighted by Gasteiger charge is 2.05. The van der Waals surface area contributed by atoms with Gasteiger partial charge in [0.2, 0.25) is 0 Å². The van der Waals surface area contributed by atoms with E-state index in [1.807, 2.05) is 48.5 Å². The third-order valence-corrected chi connectivity index (χ3v) is 3.55. The number of aliphatic hydroxyl groups excluding tert-OH is 1. The van der Waals surface area contributed by atoms with Crippen LogP contribution >= 0.6 is 0 Å². The highest BCUT2D eigenvalue weighted by molar-refractivity contribution is 5.73. The number of carbonyl (C=O) groups is 1. The SMILES string of the molecule is COc1ccccc1CNC(=O)NCc1ccc(C(C)O)cc1. The molecule has 0 saturated carbocycles. The lowest BCUT2D eigenvalue weighted by Crippen LogP contribution is -2.34. The predicted molar refractivity (Wildman–Crippen MR) is 89.1 cm³/mol. The summed E-state index contributed by atoms with van der Waals surface area (Å²) in [7, 11) is 1.61. The Morgan fingerprint density at radius 2 is 1.74 bits per heavy atom. The minimum absolute atomic E-state index is 0.240. The summed E-state index contributed by atoms with van der Waals surface area (Å²) in [5.41, 5.74) is 2.75. The molecular formula is C18H22N2O3. The van der Waals surface area contributed by atoms with Gasteiger partial charge < -0.3 is 20.5 Å². The zero-order valence-electron chi connectivity index (χ0n) is 13.4. The maximum Gasteiger partial charge on any atom is 0.315 e. The van der Waals surface area contributed by atoms with E-state index in [4.69, 9.17) is 4.74 Å². The summed E-state index contributed by atoms with van der Waals surface area (Å²) in [6.07, 6.45) is -0.485. The predicted octanol–water partition coefficient (Wildman–Crippen LogP) is 2.75. The number of nitrogens with one attached hydrogen (secondary N) is 2. The average Bonchev–Trinajstić information content (AvgIpc) is 2.58. The molecule has 3 N–H and O–H groups in total. The molecule has 5 nitrogen and oxygen atoms in total. The van der Waals surface area contributed by atoms with E-state index in [1.165, 1.54) is 0 Å². The first kappa shape index (κ1) is 16.8. The van der Waals surface area contributed by atoms with E-state index >= 15 is 0 Å². The molecule has 0 radical (unpaired) electrons. The van der Waals surface area contributed by atoms with E-state index in [2.05, 4.69) is 10.6 Å². The summed E-state index contributed by atoms with van der Waals surface area (Å²) in [5, 5.41) is 15.1. The van der Waals surface area contributed by atoms with E-state index in [-0.39, 0.29) is 6.03 Å². The molecule has 1 atom stereocenters. The summed E-state index contributed by atoms with van der Waals surface area (Å²) in [6, 6.07) is 14.8. The molecule has 5 heteroatoms. The summed E-state index contributed by atoms with van der Waals surface area (Å²) < 4.78 is 5.25. The number of methoxy groups -OCH3 is 1. The van der Waals surface area contributed by atoms with Gasteiger partial charge in [-0.2, -0.15) is 0 Å². The Morgan fingerprint density at radius 3 is 2.39 bits per heavy atom. The zero-order chi connectivity index (χ0) is 16.7. The van der Waals surface area contributed by atoms with Gasteiger partial charge in [0, 0.05) is 18.7 Å². The van der Waals surface area contributed by atoms with Crippen LogP contribution in [0.3, 0.4) is 0 Å². The molecule has 0 heterocycles. The topological polar surface area (TPSA) is 70.6 Å². The number of rotatable bonds is 6. The smallest absolute Gasteiger partial charge is 0.315 e. The Labute approximate surface area is 136 Å². The largest absolute Gasteiger partial charge is 0.496 e. The Hall–Kier alpha value is -2.53. The molecule has 0 bridgehead atoms. The fraction of sp³-hybridized carbons (Fsp3) is 0.278. The van der Waals surface area contributed by atoms with E-state index in [9.17, 15) is 9.90 Å². The number of hydrogen-bond acceptors (Lipinski definition) is 3. The zero-order valence-corrected chi connectivity index (χ0v) is 13.4. The van der Waals surface area contributed by atoms with Crippen LogP contribution in [-0.2, 0) is 13.1 Å². The molecule has 1 unspecified atom stereocenters. The van der Waals surface area contributed by atoms with E-state index < -0.39 is 6.10 Å². The molecule has 23 heavy (non-hydrogen) atoms. The van der Waals surface area contributed by atoms with Gasteiger partial charge in [-0.3, -0.25) is 0 Å². The Bertz CT molecular complexity index is 639. The molecule has 0 aliphatic carbocycles. The second-order valence-corrected chi connectivity index (χ2v) is 5.27. The van der Waals surface area contributed by atoms with Gasteiger partial charge in [-0.05, 0) is 24.1 Å². The van der Waals surface area contributed by atoms with Crippen LogP contribution in [0.15, 0.2) is 48.5 Å². The summed E-state index contributed by atoms with van der Waals surface area (Å²) in [6.45, 7) is 2.55. The Balaban J connectivity index is 1.81. The summed E-state index contributed by atoms with van der Waals surface area (Å²) in [4.78, 5) is 11.9. The van der Waals surface area contributed by atoms with Crippen molar-refractivity contribution in [3.63, 3.8) is 0 Å². The fourth-order valence-corrected chi connectivity index (χ4v) is 2.18. The third kappa shape index (κ3) is 5.00. The van der Waals surface area contributed by atoms with Gasteiger partial charge in [-0.1, -0.05) is 42.5 Å². The number of urea groups is 1. The van der Waals surface area contributed by atoms with Crippen molar-refractivity contribution in [3.8, 4) is 5.75 Å². The Morgan fingerprint density at radius 1 is 1.09 bits per heavy atom. The standard InChI is InChI=1S/C18H22N2O3/c1-13(21)15-9-7-14(8-10-15)11-19-18(22)20-12-16-5-3-4-6-17(16)23-2/h3-10,13,21H,11-12H2,1-2H3,(H2,19,20,22). The third-order valence-electron chi connectivity index (χ3n) is 3.55. The molecule has 2 aromatic rings. The van der Waals surface area contributed by atoms with Crippen LogP contribution in [0.2, 0.25) is 0 Å². The molecule has 0 fully saturated rings. The first-order chi connectivity index (χ1) is 11.1. The highest BCUT2D eigenvalue weighted by atomic mass is 16.5. The van der Waals surface area contributed by atoms with Crippen molar-refractivity contribution in [1.29, 1.82) is 0 Å². The van der Waals surface area contributed by atoms with E-state index in [0.29, 0.717) is 13.1 Å². The van der Waals surface area contributed by atoms with Gasteiger partial charge in [0.1, 0.15) is 5.75 Å². The maximum absolute atomic E-state index is 11.9. The van der Waals surface area contributed by atoms with Crippen molar-refractivity contribution in [2.24, 2.45) is 0 Å². The maximum atomic E-state index is 11.9. The number of para-hydroxylation sites is 1. The van der Waals surface area contributed by atoms with Gasteiger partial charge in [-0.25, -0.2) is 4.79 Å². The molecule has 2 aromatic carbocycles. The van der Waals surface area contributed by atoms with Crippen molar-refractivity contribution < 1.29 is 14.6 Å². The van der Waals surface area contributed by atoms with Crippen molar-refractivity contribution in [1.82, 2.24) is 10.6 Å². The monoisotopic (exact) mass is 314 g/mol. The van der Waals surface area contributed by atoms with Crippen molar-refractivity contribution >= 4 is 6.03 Å². The molecule has 0 spiro atoms. The van der Waals surface area contributed by atoms with Gasteiger partial charge >= 0.3 is 6.03 Å². The lowest BCUT2D eigenvalue weighted by molar-refractivity contribution is 0.199. The number of carbonyl (C=O) groups excluding carboxylic acids is 1. The van der Waals surface area contributed by atoms with Crippen LogP contribution in [0.4, 0.5) is 4.79 Å². The van der Waals surface area contributed by atoms with Crippen LogP contribution in [0.5, 0.6) is 5.75 Å². The quantitative estimate of drug-likeness (QED) is 0.768. The summed E-state index contributed by atoms with van der Waals surface area (Å²) >= 11 is 0. The molecule has 0 aliphatic rings. The van der Waals surface area contributed by atoms with Crippen LogP contribution in [-0.4, -0.2) is 18.2 Å². The van der Waals surface area contributed by atoms with Crippen LogP contribution in [0, 0.1) is 0 Å². The van der Waals surface area contributed by atoms with Gasteiger partial charge in [-0.15, -0.1) is 0 Å². The number of amides is 2. The van der Waals surface area contributed by atoms with Gasteiger partial charge in [0.15, 0.2) is 0 Å². The second kappa shape index (κ2) is 8.19. The number of benzene rings is 2. The van der Waals surface area contributed by atoms with Gasteiger partial charge in [0.25, 0.3) is 0 Å². The number of ether oxygens (including phenoxy) is 1. The molecule has 0 aliphatic heterocycles. The Kier molecular flexibility index (Phi) is 6.00. The average molecular weight is 314 g/mol. The van der Waals surface area contributed by atoms with E-state index in [1.54, 1.807) is 14.0 Å². The van der Waals surface area contributed by atoms with Crippen molar-refractivity contribution in [2.45, 2.75) is 26.1 Å². The minimum Gasteiger partial charge on any atom is -0.496 e. The lowest BCUT2D eigenvalue weighted by atomic mass is 10.1. The van der Waals surface area contributed by atoms with Crippen molar-refractivity contribution in [3.05, 3.63) is 65.2 Å². The molecule has 122 valence electrons. The van der Waals surface area contributed by atoms with Crippen LogP contribution in [0.1, 0.15) is 29.7 Å². The second-order valence-electron chi connectivity index (χ2n) is 5.27. The van der Waals surface area contributed by atoms with Crippen LogP contribution < -0.4 is 15.4 Å². The summed E-state index contributed by atoms with van der Waals surface area (Å²) in [5.74, 6) is 0.751. The normalized spacial score (nSPS) is 11.6. The van der Waals surface area contributed by atoms with Gasteiger partial charge in [0.05, 0.1) is 13.2 Å². The molecule has 0 saturated heterocycles. The molecule has 2 amide bonds. The van der Waals surface area contributed by atoms with Crippen molar-refractivity contribution in [2.75, 3.05) is 7.11 Å². The highest BCUT2D eigenvalue weighted by Crippen LogP contribution is 2.16. The number of aliphatic hydroxyl groups is 1.